The van der Waals surface area contributed by atoms with Crippen LogP contribution >= 0.6 is 0 Å². The van der Waals surface area contributed by atoms with Crippen LogP contribution in [-0.4, -0.2) is 65.8 Å². The van der Waals surface area contributed by atoms with Crippen LogP contribution in [0.5, 0.6) is 5.75 Å². The Hall–Kier alpha value is -4.04. The predicted molar refractivity (Wildman–Crippen MR) is 149 cm³/mol. The largest absolute Gasteiger partial charge is 0.494 e. The zero-order valence-electron chi connectivity index (χ0n) is 21.8. The fraction of sp³-hybridized carbons (Fsp3) is 0.286. The second-order valence-electron chi connectivity index (χ2n) is 9.49. The molecule has 0 aliphatic heterocycles. The third-order valence-electron chi connectivity index (χ3n) is 6.62. The Balaban J connectivity index is 1.55. The van der Waals surface area contributed by atoms with Crippen molar-refractivity contribution in [1.29, 1.82) is 0 Å². The number of methoxy groups -OCH3 is 1. The molecule has 8 nitrogen and oxygen atoms in total. The number of H-pyrrole nitrogens is 1. The maximum atomic E-state index is 5.77. The third kappa shape index (κ3) is 4.35. The maximum absolute atomic E-state index is 5.77. The van der Waals surface area contributed by atoms with Gasteiger partial charge in [-0.3, -0.25) is 0 Å². The number of likely N-dealkylation sites (N-methyl/N-ethyl adjacent to an activating group) is 2. The molecule has 0 fully saturated rings. The van der Waals surface area contributed by atoms with Gasteiger partial charge in [0.1, 0.15) is 11.4 Å². The van der Waals surface area contributed by atoms with E-state index in [9.17, 15) is 0 Å². The van der Waals surface area contributed by atoms with Gasteiger partial charge in [0, 0.05) is 67.8 Å². The van der Waals surface area contributed by atoms with Crippen molar-refractivity contribution in [2.24, 2.45) is 7.05 Å². The van der Waals surface area contributed by atoms with E-state index in [1.165, 1.54) is 0 Å². The van der Waals surface area contributed by atoms with Gasteiger partial charge in [-0.25, -0.2) is 9.97 Å². The standard InChI is InChI=1S/C28H33N7O/c1-18-15-22(25(36-6)16-24(18)34(4)14-13-33(2)3)31-28-30-21-11-12-29-27(21)26(32-28)20-17-35(5)23-10-8-7-9-19(20)23/h7-12,15-17,29H,13-14H2,1-6H3,(H,30,31,32). The molecule has 36 heavy (non-hydrogen) atoms. The molecule has 5 aromatic rings. The summed E-state index contributed by atoms with van der Waals surface area (Å²) >= 11 is 0. The first-order valence-corrected chi connectivity index (χ1v) is 12.1. The number of anilines is 3. The monoisotopic (exact) mass is 483 g/mol. The van der Waals surface area contributed by atoms with Crippen LogP contribution in [0, 0.1) is 6.92 Å². The van der Waals surface area contributed by atoms with Crippen molar-refractivity contribution in [2.45, 2.75) is 6.92 Å². The van der Waals surface area contributed by atoms with E-state index in [0.717, 1.165) is 69.0 Å². The molecular weight excluding hydrogens is 450 g/mol. The van der Waals surface area contributed by atoms with E-state index in [1.54, 1.807) is 7.11 Å². The third-order valence-corrected chi connectivity index (χ3v) is 6.62. The van der Waals surface area contributed by atoms with E-state index in [1.807, 2.05) is 12.3 Å². The van der Waals surface area contributed by atoms with Crippen LogP contribution in [0.1, 0.15) is 5.56 Å². The van der Waals surface area contributed by atoms with Gasteiger partial charge in [-0.2, -0.15) is 0 Å². The van der Waals surface area contributed by atoms with E-state index < -0.39 is 0 Å². The molecule has 0 radical (unpaired) electrons. The van der Waals surface area contributed by atoms with Gasteiger partial charge in [0.25, 0.3) is 0 Å². The fourth-order valence-electron chi connectivity index (χ4n) is 4.67. The molecule has 0 bridgehead atoms. The number of fused-ring (bicyclic) bond motifs is 2. The number of benzene rings is 2. The highest BCUT2D eigenvalue weighted by atomic mass is 16.5. The van der Waals surface area contributed by atoms with Crippen LogP contribution in [0.25, 0.3) is 33.2 Å². The van der Waals surface area contributed by atoms with Gasteiger partial charge >= 0.3 is 0 Å². The number of hydrogen-bond acceptors (Lipinski definition) is 6. The first-order chi connectivity index (χ1) is 17.4. The summed E-state index contributed by atoms with van der Waals surface area (Å²) in [5.41, 5.74) is 7.97. The number of rotatable bonds is 8. The van der Waals surface area contributed by atoms with E-state index in [-0.39, 0.29) is 0 Å². The Morgan fingerprint density at radius 1 is 1.06 bits per heavy atom. The normalized spacial score (nSPS) is 11.5. The summed E-state index contributed by atoms with van der Waals surface area (Å²) in [7, 11) is 10.0. The van der Waals surface area contributed by atoms with Gasteiger partial charge in [0.05, 0.1) is 23.8 Å². The van der Waals surface area contributed by atoms with Crippen LogP contribution in [0.15, 0.2) is 54.9 Å². The molecule has 3 aromatic heterocycles. The SMILES string of the molecule is COc1cc(N(C)CCN(C)C)c(C)cc1Nc1nc(-c2cn(C)c3ccccc23)c2[nH]ccc2n1. The number of aryl methyl sites for hydroxylation is 2. The quantitative estimate of drug-likeness (QED) is 0.317. The van der Waals surface area contributed by atoms with Crippen molar-refractivity contribution in [3.8, 4) is 17.0 Å². The number of hydrogen-bond donors (Lipinski definition) is 2. The lowest BCUT2D eigenvalue weighted by atomic mass is 10.1. The fourth-order valence-corrected chi connectivity index (χ4v) is 4.67. The predicted octanol–water partition coefficient (Wildman–Crippen LogP) is 5.18. The average molecular weight is 484 g/mol. The minimum Gasteiger partial charge on any atom is -0.494 e. The molecule has 0 saturated heterocycles. The number of ether oxygens (including phenoxy) is 1. The molecule has 3 heterocycles. The van der Waals surface area contributed by atoms with Crippen LogP contribution in [0.2, 0.25) is 0 Å². The summed E-state index contributed by atoms with van der Waals surface area (Å²) in [4.78, 5) is 17.5. The average Bonchev–Trinajstić information content (AvgIpc) is 3.47. The molecule has 0 atom stereocenters. The van der Waals surface area contributed by atoms with Gasteiger partial charge in [-0.15, -0.1) is 0 Å². The highest BCUT2D eigenvalue weighted by Crippen LogP contribution is 2.37. The van der Waals surface area contributed by atoms with Gasteiger partial charge in [-0.1, -0.05) is 18.2 Å². The van der Waals surface area contributed by atoms with Gasteiger partial charge in [0.15, 0.2) is 0 Å². The van der Waals surface area contributed by atoms with Crippen molar-refractivity contribution in [3.05, 3.63) is 60.4 Å². The molecular formula is C28H33N7O. The summed E-state index contributed by atoms with van der Waals surface area (Å²) in [6.07, 6.45) is 4.03. The Morgan fingerprint density at radius 3 is 2.64 bits per heavy atom. The first kappa shape index (κ1) is 23.7. The minimum atomic E-state index is 0.524. The molecule has 0 spiro atoms. The van der Waals surface area contributed by atoms with Gasteiger partial charge in [0.2, 0.25) is 5.95 Å². The molecule has 5 rings (SSSR count). The Bertz CT molecular complexity index is 1530. The van der Waals surface area contributed by atoms with Crippen molar-refractivity contribution in [2.75, 3.05) is 51.6 Å². The zero-order chi connectivity index (χ0) is 25.4. The Labute approximate surface area is 211 Å². The number of nitrogens with one attached hydrogen (secondary N) is 2. The number of aromatic nitrogens is 4. The van der Waals surface area contributed by atoms with Gasteiger partial charge in [-0.05, 0) is 44.8 Å². The van der Waals surface area contributed by atoms with E-state index in [4.69, 9.17) is 14.7 Å². The number of nitrogens with zero attached hydrogens (tertiary/aromatic N) is 5. The zero-order valence-corrected chi connectivity index (χ0v) is 21.8. The number of aromatic amines is 1. The first-order valence-electron chi connectivity index (χ1n) is 12.1. The van der Waals surface area contributed by atoms with E-state index >= 15 is 0 Å². The van der Waals surface area contributed by atoms with E-state index in [2.05, 4.69) is 102 Å². The Kier molecular flexibility index (Phi) is 6.28. The van der Waals surface area contributed by atoms with Crippen molar-refractivity contribution >= 4 is 39.3 Å². The molecule has 2 N–H and O–H groups in total. The molecule has 0 saturated carbocycles. The summed E-state index contributed by atoms with van der Waals surface area (Å²) in [6.45, 7) is 4.01. The summed E-state index contributed by atoms with van der Waals surface area (Å²) < 4.78 is 7.90. The van der Waals surface area contributed by atoms with Crippen molar-refractivity contribution in [3.63, 3.8) is 0 Å². The van der Waals surface area contributed by atoms with Crippen LogP contribution in [0.4, 0.5) is 17.3 Å². The lowest BCUT2D eigenvalue weighted by Gasteiger charge is -2.25. The molecule has 0 aliphatic rings. The summed E-state index contributed by atoms with van der Waals surface area (Å²) in [6, 6.07) is 14.5. The Morgan fingerprint density at radius 2 is 1.86 bits per heavy atom. The summed E-state index contributed by atoms with van der Waals surface area (Å²) in [5, 5.41) is 4.58. The number of para-hydroxylation sites is 1. The second-order valence-corrected chi connectivity index (χ2v) is 9.49. The smallest absolute Gasteiger partial charge is 0.228 e. The molecule has 2 aromatic carbocycles. The van der Waals surface area contributed by atoms with Gasteiger partial charge < -0.3 is 29.4 Å². The molecule has 0 amide bonds. The highest BCUT2D eigenvalue weighted by molar-refractivity contribution is 6.02. The van der Waals surface area contributed by atoms with Crippen LogP contribution < -0.4 is 15.0 Å². The molecule has 186 valence electrons. The summed E-state index contributed by atoms with van der Waals surface area (Å²) in [5.74, 6) is 1.27. The second kappa shape index (κ2) is 9.54. The van der Waals surface area contributed by atoms with Crippen molar-refractivity contribution < 1.29 is 4.74 Å². The lowest BCUT2D eigenvalue weighted by molar-refractivity contribution is 0.413. The topological polar surface area (TPSA) is 74.2 Å². The maximum Gasteiger partial charge on any atom is 0.228 e. The van der Waals surface area contributed by atoms with Crippen molar-refractivity contribution in [1.82, 2.24) is 24.4 Å². The van der Waals surface area contributed by atoms with Crippen LogP contribution in [-0.2, 0) is 7.05 Å². The lowest BCUT2D eigenvalue weighted by Crippen LogP contribution is -2.28. The van der Waals surface area contributed by atoms with Crippen LogP contribution in [0.3, 0.4) is 0 Å². The molecule has 0 unspecified atom stereocenters. The minimum absolute atomic E-state index is 0.524. The molecule has 8 heteroatoms. The highest BCUT2D eigenvalue weighted by Gasteiger charge is 2.18. The molecule has 0 aliphatic carbocycles. The van der Waals surface area contributed by atoms with E-state index in [0.29, 0.717) is 5.95 Å².